The fourth-order valence-electron chi connectivity index (χ4n) is 2.32. The van der Waals surface area contributed by atoms with E-state index in [-0.39, 0.29) is 13.0 Å². The van der Waals surface area contributed by atoms with E-state index in [2.05, 4.69) is 0 Å². The van der Waals surface area contributed by atoms with Gasteiger partial charge in [0.15, 0.2) is 0 Å². The van der Waals surface area contributed by atoms with Gasteiger partial charge in [0.05, 0.1) is 18.8 Å². The summed E-state index contributed by atoms with van der Waals surface area (Å²) in [4.78, 5) is 11.7. The molecule has 5 nitrogen and oxygen atoms in total. The molecule has 0 amide bonds. The molecule has 0 unspecified atom stereocenters. The Hall–Kier alpha value is -0.650. The summed E-state index contributed by atoms with van der Waals surface area (Å²) in [6, 6.07) is 0. The second-order valence-corrected chi connectivity index (χ2v) is 4.54. The van der Waals surface area contributed by atoms with E-state index in [0.717, 1.165) is 0 Å². The Morgan fingerprint density at radius 3 is 2.60 bits per heavy atom. The predicted octanol–water partition coefficient (Wildman–Crippen LogP) is 0.206. The molecule has 0 aliphatic carbocycles. The van der Waals surface area contributed by atoms with Crippen LogP contribution in [0, 0.1) is 0 Å². The molecule has 86 valence electrons. The molecule has 2 fully saturated rings. The lowest BCUT2D eigenvalue weighted by atomic mass is 9.85. The van der Waals surface area contributed by atoms with Gasteiger partial charge in [-0.25, -0.2) is 4.79 Å². The van der Waals surface area contributed by atoms with Gasteiger partial charge in [-0.05, 0) is 20.8 Å². The second kappa shape index (κ2) is 2.93. The third-order valence-electron chi connectivity index (χ3n) is 3.09. The van der Waals surface area contributed by atoms with Crippen molar-refractivity contribution in [1.82, 2.24) is 0 Å². The summed E-state index contributed by atoms with van der Waals surface area (Å²) in [6.45, 7) is 5.71. The van der Waals surface area contributed by atoms with Gasteiger partial charge in [0, 0.05) is 6.42 Å². The first-order chi connectivity index (χ1) is 6.85. The number of rotatable bonds is 2. The molecular weight excluding hydrogens is 200 g/mol. The van der Waals surface area contributed by atoms with Crippen molar-refractivity contribution >= 4 is 5.97 Å². The zero-order valence-electron chi connectivity index (χ0n) is 9.20. The zero-order valence-corrected chi connectivity index (χ0v) is 9.20. The summed E-state index contributed by atoms with van der Waals surface area (Å²) in [5, 5.41) is 10.3. The van der Waals surface area contributed by atoms with Crippen LogP contribution in [0.15, 0.2) is 0 Å². The van der Waals surface area contributed by atoms with E-state index in [1.54, 1.807) is 13.8 Å². The molecule has 0 radical (unpaired) electrons. The summed E-state index contributed by atoms with van der Waals surface area (Å²) in [5.74, 6) is -1.94. The highest BCUT2D eigenvalue weighted by molar-refractivity contribution is 5.81. The Labute approximate surface area is 88.3 Å². The number of hydrogen-bond donors (Lipinski definition) is 1. The van der Waals surface area contributed by atoms with Crippen LogP contribution in [-0.2, 0) is 19.0 Å². The van der Waals surface area contributed by atoms with Gasteiger partial charge in [-0.2, -0.15) is 0 Å². The fourth-order valence-corrected chi connectivity index (χ4v) is 2.32. The summed E-state index contributed by atoms with van der Waals surface area (Å²) in [5.41, 5.74) is -2.27. The monoisotopic (exact) mass is 216 g/mol. The number of aliphatic hydroxyl groups is 1. The van der Waals surface area contributed by atoms with Crippen LogP contribution in [0.25, 0.3) is 0 Å². The molecule has 2 rings (SSSR count). The summed E-state index contributed by atoms with van der Waals surface area (Å²) < 4.78 is 15.8. The van der Waals surface area contributed by atoms with Crippen LogP contribution in [0.2, 0.25) is 0 Å². The molecule has 0 aromatic carbocycles. The van der Waals surface area contributed by atoms with E-state index >= 15 is 0 Å². The van der Waals surface area contributed by atoms with E-state index < -0.39 is 23.0 Å². The first-order valence-corrected chi connectivity index (χ1v) is 5.09. The van der Waals surface area contributed by atoms with Crippen LogP contribution >= 0.6 is 0 Å². The van der Waals surface area contributed by atoms with E-state index in [4.69, 9.17) is 14.2 Å². The highest BCUT2D eigenvalue weighted by Gasteiger charge is 2.71. The molecule has 0 spiro atoms. The number of ether oxygens (including phenoxy) is 3. The van der Waals surface area contributed by atoms with Crippen molar-refractivity contribution in [1.29, 1.82) is 0 Å². The van der Waals surface area contributed by atoms with Crippen molar-refractivity contribution in [3.63, 3.8) is 0 Å². The Morgan fingerprint density at radius 2 is 2.20 bits per heavy atom. The van der Waals surface area contributed by atoms with Crippen molar-refractivity contribution in [2.24, 2.45) is 0 Å². The first-order valence-electron chi connectivity index (χ1n) is 5.09. The molecule has 0 aromatic rings. The zero-order chi connectivity index (χ0) is 11.3. The third-order valence-corrected chi connectivity index (χ3v) is 3.09. The van der Waals surface area contributed by atoms with Gasteiger partial charge < -0.3 is 19.3 Å². The Balaban J connectivity index is 2.27. The first kappa shape index (κ1) is 10.9. The number of fused-ring (bicyclic) bond motifs is 2. The van der Waals surface area contributed by atoms with Crippen molar-refractivity contribution in [2.45, 2.75) is 44.2 Å². The van der Waals surface area contributed by atoms with Crippen molar-refractivity contribution < 1.29 is 24.1 Å². The number of esters is 1. The maximum Gasteiger partial charge on any atom is 0.343 e. The van der Waals surface area contributed by atoms with Gasteiger partial charge >= 0.3 is 5.97 Å². The van der Waals surface area contributed by atoms with Crippen LogP contribution in [-0.4, -0.2) is 41.3 Å². The number of hydrogen-bond acceptors (Lipinski definition) is 5. The average molecular weight is 216 g/mol. The van der Waals surface area contributed by atoms with Gasteiger partial charge in [-0.3, -0.25) is 0 Å². The minimum absolute atomic E-state index is 0.218. The molecule has 0 aromatic heterocycles. The van der Waals surface area contributed by atoms with Gasteiger partial charge in [0.1, 0.15) is 0 Å². The number of carbonyl (C=O) groups is 1. The highest BCUT2D eigenvalue weighted by Crippen LogP contribution is 2.52. The Bertz CT molecular complexity index is 304. The minimum atomic E-state index is -1.68. The van der Waals surface area contributed by atoms with Gasteiger partial charge in [0.25, 0.3) is 0 Å². The van der Waals surface area contributed by atoms with Gasteiger partial charge in [-0.15, -0.1) is 0 Å². The van der Waals surface area contributed by atoms with Crippen molar-refractivity contribution in [2.75, 3.05) is 13.2 Å². The lowest BCUT2D eigenvalue weighted by Crippen LogP contribution is -2.58. The lowest BCUT2D eigenvalue weighted by molar-refractivity contribution is -0.241. The average Bonchev–Trinajstić information content (AvgIpc) is 2.53. The standard InChI is InChI=1S/C10H16O5/c1-4-13-7(11)10(12)5-8(2)6-14-9(10,3)15-8/h12H,4-6H2,1-3H3/t8-,9+,10-/m1/s1. The van der Waals surface area contributed by atoms with E-state index in [9.17, 15) is 9.90 Å². The molecule has 2 aliphatic heterocycles. The van der Waals surface area contributed by atoms with E-state index in [1.807, 2.05) is 6.92 Å². The molecule has 2 saturated heterocycles. The predicted molar refractivity (Wildman–Crippen MR) is 50.0 cm³/mol. The highest BCUT2D eigenvalue weighted by atomic mass is 16.8. The van der Waals surface area contributed by atoms with Crippen LogP contribution in [0.1, 0.15) is 27.2 Å². The van der Waals surface area contributed by atoms with E-state index in [0.29, 0.717) is 6.61 Å². The van der Waals surface area contributed by atoms with Crippen molar-refractivity contribution in [3.8, 4) is 0 Å². The fraction of sp³-hybridized carbons (Fsp3) is 0.900. The molecular formula is C10H16O5. The second-order valence-electron chi connectivity index (χ2n) is 4.54. The molecule has 5 heteroatoms. The van der Waals surface area contributed by atoms with Gasteiger partial charge in [-0.1, -0.05) is 0 Å². The molecule has 2 heterocycles. The molecule has 0 saturated carbocycles. The van der Waals surface area contributed by atoms with Crippen LogP contribution in [0.4, 0.5) is 0 Å². The molecule has 15 heavy (non-hydrogen) atoms. The Kier molecular flexibility index (Phi) is 2.12. The smallest absolute Gasteiger partial charge is 0.343 e. The van der Waals surface area contributed by atoms with Crippen LogP contribution in [0.3, 0.4) is 0 Å². The summed E-state index contributed by atoms with van der Waals surface area (Å²) >= 11 is 0. The SMILES string of the molecule is CCOC(=O)[C@]1(O)C[C@]2(C)CO[C@@]1(C)O2. The molecule has 2 bridgehead atoms. The molecule has 2 aliphatic rings. The maximum atomic E-state index is 11.7. The Morgan fingerprint density at radius 1 is 1.53 bits per heavy atom. The lowest BCUT2D eigenvalue weighted by Gasteiger charge is -2.35. The normalized spacial score (nSPS) is 48.3. The summed E-state index contributed by atoms with van der Waals surface area (Å²) in [6.07, 6.45) is 0.218. The quantitative estimate of drug-likeness (QED) is 0.668. The number of carbonyl (C=O) groups excluding carboxylic acids is 1. The molecule has 1 N–H and O–H groups in total. The third kappa shape index (κ3) is 1.30. The summed E-state index contributed by atoms with van der Waals surface area (Å²) in [7, 11) is 0. The van der Waals surface area contributed by atoms with Crippen molar-refractivity contribution in [3.05, 3.63) is 0 Å². The van der Waals surface area contributed by atoms with Gasteiger partial charge in [0.2, 0.25) is 11.4 Å². The minimum Gasteiger partial charge on any atom is -0.464 e. The maximum absolute atomic E-state index is 11.7. The van der Waals surface area contributed by atoms with Crippen LogP contribution < -0.4 is 0 Å². The largest absolute Gasteiger partial charge is 0.464 e. The van der Waals surface area contributed by atoms with Crippen LogP contribution in [0.5, 0.6) is 0 Å². The van der Waals surface area contributed by atoms with E-state index in [1.165, 1.54) is 0 Å². The topological polar surface area (TPSA) is 65.0 Å². The molecule has 3 atom stereocenters.